The Kier molecular flexibility index (Phi) is 7.22. The van der Waals surface area contributed by atoms with Crippen molar-refractivity contribution in [3.8, 4) is 5.75 Å². The monoisotopic (exact) mass is 382 g/mol. The van der Waals surface area contributed by atoms with E-state index in [4.69, 9.17) is 17.0 Å². The zero-order chi connectivity index (χ0) is 18.9. The fourth-order valence-electron chi connectivity index (χ4n) is 3.31. The van der Waals surface area contributed by atoms with Crippen molar-refractivity contribution in [3.63, 3.8) is 0 Å². The molecule has 0 aromatic heterocycles. The van der Waals surface area contributed by atoms with Crippen LogP contribution in [0.3, 0.4) is 0 Å². The van der Waals surface area contributed by atoms with Crippen LogP contribution in [0.15, 0.2) is 54.6 Å². The third-order valence-electron chi connectivity index (χ3n) is 4.83. The molecule has 2 aromatic carbocycles. The second kappa shape index (κ2) is 10.1. The second-order valence-corrected chi connectivity index (χ2v) is 7.29. The molecular formula is C22H26N2O2S. The van der Waals surface area contributed by atoms with Gasteiger partial charge in [-0.15, -0.1) is 0 Å². The largest absolute Gasteiger partial charge is 0.493 e. The molecule has 27 heavy (non-hydrogen) atoms. The highest BCUT2D eigenvalue weighted by Crippen LogP contribution is 2.23. The second-order valence-electron chi connectivity index (χ2n) is 6.89. The molecule has 1 aliphatic carbocycles. The molecule has 0 aliphatic heterocycles. The summed E-state index contributed by atoms with van der Waals surface area (Å²) in [5.41, 5.74) is 2.09. The first kappa shape index (κ1) is 19.4. The highest BCUT2D eigenvalue weighted by atomic mass is 32.1. The summed E-state index contributed by atoms with van der Waals surface area (Å²) < 4.78 is 5.78. The van der Waals surface area contributed by atoms with Crippen LogP contribution in [0.2, 0.25) is 0 Å². The van der Waals surface area contributed by atoms with Gasteiger partial charge >= 0.3 is 0 Å². The smallest absolute Gasteiger partial charge is 0.229 e. The Morgan fingerprint density at radius 2 is 1.70 bits per heavy atom. The van der Waals surface area contributed by atoms with Crippen molar-refractivity contribution >= 4 is 28.9 Å². The van der Waals surface area contributed by atoms with E-state index >= 15 is 0 Å². The summed E-state index contributed by atoms with van der Waals surface area (Å²) in [6, 6.07) is 17.9. The summed E-state index contributed by atoms with van der Waals surface area (Å²) in [6.07, 6.45) is 6.28. The van der Waals surface area contributed by atoms with E-state index in [0.29, 0.717) is 11.7 Å². The highest BCUT2D eigenvalue weighted by molar-refractivity contribution is 7.80. The van der Waals surface area contributed by atoms with Crippen molar-refractivity contribution < 1.29 is 9.53 Å². The number of rotatable bonds is 6. The van der Waals surface area contributed by atoms with Gasteiger partial charge in [-0.3, -0.25) is 4.79 Å². The molecule has 2 aromatic rings. The molecule has 4 nitrogen and oxygen atoms in total. The van der Waals surface area contributed by atoms with Crippen LogP contribution in [0.4, 0.5) is 5.69 Å². The fraction of sp³-hybridized carbons (Fsp3) is 0.364. The van der Waals surface area contributed by atoms with Crippen molar-refractivity contribution in [1.29, 1.82) is 0 Å². The SMILES string of the molecule is O=C(NC(=S)Nc1ccc(OCCc2ccccc2)cc1)C1CCCCC1. The number of hydrogen-bond donors (Lipinski definition) is 2. The first-order valence-corrected chi connectivity index (χ1v) is 10.0. The minimum Gasteiger partial charge on any atom is -0.493 e. The van der Waals surface area contributed by atoms with Gasteiger partial charge in [0.1, 0.15) is 5.75 Å². The number of thiocarbonyl (C=S) groups is 1. The predicted molar refractivity (Wildman–Crippen MR) is 113 cm³/mol. The maximum atomic E-state index is 12.2. The molecule has 0 heterocycles. The zero-order valence-corrected chi connectivity index (χ0v) is 16.3. The van der Waals surface area contributed by atoms with Crippen molar-refractivity contribution in [2.24, 2.45) is 5.92 Å². The Morgan fingerprint density at radius 1 is 1.00 bits per heavy atom. The number of nitrogens with one attached hydrogen (secondary N) is 2. The lowest BCUT2D eigenvalue weighted by Crippen LogP contribution is -2.38. The van der Waals surface area contributed by atoms with Crippen LogP contribution in [0.25, 0.3) is 0 Å². The number of carbonyl (C=O) groups excluding carboxylic acids is 1. The Bertz CT molecular complexity index is 741. The van der Waals surface area contributed by atoms with Crippen LogP contribution in [-0.2, 0) is 11.2 Å². The van der Waals surface area contributed by atoms with Gasteiger partial charge in [-0.05, 0) is 54.9 Å². The first-order valence-electron chi connectivity index (χ1n) is 9.59. The van der Waals surface area contributed by atoms with Gasteiger partial charge in [0, 0.05) is 18.0 Å². The first-order chi connectivity index (χ1) is 13.2. The maximum Gasteiger partial charge on any atom is 0.229 e. The third kappa shape index (κ3) is 6.36. The molecule has 3 rings (SSSR count). The van der Waals surface area contributed by atoms with Gasteiger partial charge in [-0.1, -0.05) is 49.6 Å². The third-order valence-corrected chi connectivity index (χ3v) is 5.03. The van der Waals surface area contributed by atoms with Crippen molar-refractivity contribution in [2.75, 3.05) is 11.9 Å². The van der Waals surface area contributed by atoms with E-state index in [9.17, 15) is 4.79 Å². The molecule has 1 saturated carbocycles. The van der Waals surface area contributed by atoms with Crippen molar-refractivity contribution in [2.45, 2.75) is 38.5 Å². The number of benzene rings is 2. The number of amides is 1. The van der Waals surface area contributed by atoms with E-state index < -0.39 is 0 Å². The molecule has 1 fully saturated rings. The summed E-state index contributed by atoms with van der Waals surface area (Å²) in [4.78, 5) is 12.2. The van der Waals surface area contributed by atoms with E-state index in [1.54, 1.807) is 0 Å². The summed E-state index contributed by atoms with van der Waals surface area (Å²) in [7, 11) is 0. The van der Waals surface area contributed by atoms with E-state index in [2.05, 4.69) is 22.8 Å². The number of ether oxygens (including phenoxy) is 1. The van der Waals surface area contributed by atoms with E-state index in [0.717, 1.165) is 43.5 Å². The molecule has 2 N–H and O–H groups in total. The molecule has 0 radical (unpaired) electrons. The molecule has 0 atom stereocenters. The minimum absolute atomic E-state index is 0.0352. The molecule has 5 heteroatoms. The Morgan fingerprint density at radius 3 is 2.41 bits per heavy atom. The fourth-order valence-corrected chi connectivity index (χ4v) is 3.53. The quantitative estimate of drug-likeness (QED) is 0.711. The molecule has 0 saturated heterocycles. The zero-order valence-electron chi connectivity index (χ0n) is 15.4. The van der Waals surface area contributed by atoms with Gasteiger partial charge in [0.2, 0.25) is 5.91 Å². The van der Waals surface area contributed by atoms with Crippen LogP contribution in [-0.4, -0.2) is 17.6 Å². The Balaban J connectivity index is 1.41. The summed E-state index contributed by atoms with van der Waals surface area (Å²) in [5.74, 6) is 0.945. The summed E-state index contributed by atoms with van der Waals surface area (Å²) in [5, 5.41) is 6.23. The number of hydrogen-bond acceptors (Lipinski definition) is 3. The Labute approximate surface area is 166 Å². The van der Waals surface area contributed by atoms with Crippen LogP contribution in [0.1, 0.15) is 37.7 Å². The van der Waals surface area contributed by atoms with Gasteiger partial charge in [-0.25, -0.2) is 0 Å². The lowest BCUT2D eigenvalue weighted by molar-refractivity contribution is -0.124. The average Bonchev–Trinajstić information content (AvgIpc) is 2.71. The van der Waals surface area contributed by atoms with Gasteiger partial charge in [-0.2, -0.15) is 0 Å². The molecule has 142 valence electrons. The molecule has 0 bridgehead atoms. The van der Waals surface area contributed by atoms with Gasteiger partial charge in [0.15, 0.2) is 5.11 Å². The molecule has 1 aliphatic rings. The average molecular weight is 383 g/mol. The van der Waals surface area contributed by atoms with Gasteiger partial charge in [0.25, 0.3) is 0 Å². The normalized spacial score (nSPS) is 14.4. The maximum absolute atomic E-state index is 12.2. The number of carbonyl (C=O) groups is 1. The molecule has 0 unspecified atom stereocenters. The van der Waals surface area contributed by atoms with E-state index in [-0.39, 0.29) is 11.8 Å². The van der Waals surface area contributed by atoms with Crippen LogP contribution in [0.5, 0.6) is 5.75 Å². The van der Waals surface area contributed by atoms with Crippen LogP contribution < -0.4 is 15.4 Å². The standard InChI is InChI=1S/C22H26N2O2S/c25-21(18-9-5-2-6-10-18)24-22(27)23-19-11-13-20(14-12-19)26-16-15-17-7-3-1-4-8-17/h1,3-4,7-8,11-14,18H,2,5-6,9-10,15-16H2,(H2,23,24,25,27). The van der Waals surface area contributed by atoms with Gasteiger partial charge < -0.3 is 15.4 Å². The summed E-state index contributed by atoms with van der Waals surface area (Å²) in [6.45, 7) is 0.632. The van der Waals surface area contributed by atoms with Crippen LogP contribution >= 0.6 is 12.2 Å². The Hall–Kier alpha value is -2.40. The molecule has 1 amide bonds. The summed E-state index contributed by atoms with van der Waals surface area (Å²) >= 11 is 5.26. The van der Waals surface area contributed by atoms with E-state index in [1.807, 2.05) is 42.5 Å². The van der Waals surface area contributed by atoms with Gasteiger partial charge in [0.05, 0.1) is 6.61 Å². The number of anilines is 1. The highest BCUT2D eigenvalue weighted by Gasteiger charge is 2.21. The van der Waals surface area contributed by atoms with Crippen molar-refractivity contribution in [3.05, 3.63) is 60.2 Å². The van der Waals surface area contributed by atoms with Crippen LogP contribution in [0, 0.1) is 5.92 Å². The van der Waals surface area contributed by atoms with Crippen molar-refractivity contribution in [1.82, 2.24) is 5.32 Å². The lowest BCUT2D eigenvalue weighted by Gasteiger charge is -2.21. The molecule has 0 spiro atoms. The van der Waals surface area contributed by atoms with E-state index in [1.165, 1.54) is 12.0 Å². The predicted octanol–water partition coefficient (Wildman–Crippen LogP) is 4.70. The minimum atomic E-state index is 0.0352. The molecular weight excluding hydrogens is 356 g/mol. The topological polar surface area (TPSA) is 50.4 Å². The lowest BCUT2D eigenvalue weighted by atomic mass is 9.89.